The van der Waals surface area contributed by atoms with Crippen LogP contribution < -0.4 is 5.32 Å². The lowest BCUT2D eigenvalue weighted by molar-refractivity contribution is 0.0736. The maximum Gasteiger partial charge on any atom is 0.254 e. The molecule has 1 aromatic carbocycles. The van der Waals surface area contributed by atoms with Crippen molar-refractivity contribution in [2.75, 3.05) is 19.6 Å². The molecule has 2 aliphatic rings. The number of carbonyl (C=O) groups excluding carboxylic acids is 1. The van der Waals surface area contributed by atoms with Crippen molar-refractivity contribution in [3.8, 4) is 5.75 Å². The zero-order chi connectivity index (χ0) is 12.7. The first kappa shape index (κ1) is 12.2. The van der Waals surface area contributed by atoms with E-state index in [0.29, 0.717) is 17.5 Å². The number of nitrogens with zero attached hydrogens (tertiary/aromatic N) is 1. The predicted molar refractivity (Wildman–Crippen MR) is 76.6 cm³/mol. The van der Waals surface area contributed by atoms with Crippen molar-refractivity contribution in [2.24, 2.45) is 5.92 Å². The number of halogens is 1. The molecule has 0 saturated carbocycles. The molecule has 2 atom stereocenters. The van der Waals surface area contributed by atoms with Gasteiger partial charge in [0, 0.05) is 31.2 Å². The molecule has 1 amide bonds. The molecular formula is C13H15IN2O2. The van der Waals surface area contributed by atoms with Gasteiger partial charge in [0.05, 0.1) is 3.57 Å². The van der Waals surface area contributed by atoms with Crippen LogP contribution in [-0.2, 0) is 0 Å². The van der Waals surface area contributed by atoms with Gasteiger partial charge in [0.25, 0.3) is 5.91 Å². The van der Waals surface area contributed by atoms with Crippen molar-refractivity contribution in [3.05, 3.63) is 27.3 Å². The molecule has 18 heavy (non-hydrogen) atoms. The lowest BCUT2D eigenvalue weighted by Gasteiger charge is -2.23. The van der Waals surface area contributed by atoms with Gasteiger partial charge in [-0.15, -0.1) is 0 Å². The van der Waals surface area contributed by atoms with E-state index in [-0.39, 0.29) is 11.7 Å². The second kappa shape index (κ2) is 4.70. The van der Waals surface area contributed by atoms with Gasteiger partial charge >= 0.3 is 0 Å². The quantitative estimate of drug-likeness (QED) is 0.747. The number of phenolic OH excluding ortho intramolecular Hbond substituents is 1. The lowest BCUT2D eigenvalue weighted by atomic mass is 10.0. The number of aromatic hydroxyl groups is 1. The molecule has 4 nitrogen and oxygen atoms in total. The van der Waals surface area contributed by atoms with Crippen LogP contribution in [0.1, 0.15) is 16.8 Å². The average Bonchev–Trinajstić information content (AvgIpc) is 2.93. The Labute approximate surface area is 120 Å². The number of hydrogen-bond donors (Lipinski definition) is 2. The molecule has 5 heteroatoms. The van der Waals surface area contributed by atoms with Crippen molar-refractivity contribution in [2.45, 2.75) is 12.5 Å². The van der Waals surface area contributed by atoms with E-state index < -0.39 is 0 Å². The molecule has 2 saturated heterocycles. The van der Waals surface area contributed by atoms with Gasteiger partial charge in [-0.1, -0.05) is 0 Å². The number of phenols is 1. The van der Waals surface area contributed by atoms with Crippen LogP contribution in [0.5, 0.6) is 5.75 Å². The molecule has 3 rings (SSSR count). The average molecular weight is 358 g/mol. The van der Waals surface area contributed by atoms with E-state index in [1.807, 2.05) is 4.90 Å². The standard InChI is InChI=1S/C13H15IN2O2/c14-10-2-1-8(5-12(10)17)13(18)16-4-3-9-6-15-7-11(9)16/h1-2,5,9,11,15,17H,3-4,6-7H2/t9-,11+/m0/s1. The number of nitrogens with one attached hydrogen (secondary N) is 1. The first-order chi connectivity index (χ1) is 8.66. The minimum atomic E-state index is 0.0397. The van der Waals surface area contributed by atoms with Crippen LogP contribution in [0.15, 0.2) is 18.2 Å². The summed E-state index contributed by atoms with van der Waals surface area (Å²) in [6, 6.07) is 5.47. The van der Waals surface area contributed by atoms with Gasteiger partial charge in [-0.05, 0) is 53.1 Å². The fourth-order valence-corrected chi connectivity index (χ4v) is 3.25. The highest BCUT2D eigenvalue weighted by Crippen LogP contribution is 2.29. The van der Waals surface area contributed by atoms with Gasteiger partial charge in [0.1, 0.15) is 5.75 Å². The summed E-state index contributed by atoms with van der Waals surface area (Å²) >= 11 is 2.05. The van der Waals surface area contributed by atoms with Crippen LogP contribution in [0.3, 0.4) is 0 Å². The summed E-state index contributed by atoms with van der Waals surface area (Å²) in [6.45, 7) is 2.75. The SMILES string of the molecule is O=C(c1ccc(I)c(O)c1)N1CC[C@H]2CNC[C@H]21. The number of carbonyl (C=O) groups is 1. The maximum absolute atomic E-state index is 12.4. The van der Waals surface area contributed by atoms with E-state index in [0.717, 1.165) is 29.6 Å². The normalized spacial score (nSPS) is 26.4. The van der Waals surface area contributed by atoms with Crippen molar-refractivity contribution < 1.29 is 9.90 Å². The second-order valence-electron chi connectivity index (χ2n) is 4.94. The molecule has 1 aromatic rings. The second-order valence-corrected chi connectivity index (χ2v) is 6.10. The van der Waals surface area contributed by atoms with Crippen LogP contribution >= 0.6 is 22.6 Å². The Bertz CT molecular complexity index is 492. The van der Waals surface area contributed by atoms with Crippen LogP contribution in [0, 0.1) is 9.49 Å². The summed E-state index contributed by atoms with van der Waals surface area (Å²) in [5, 5.41) is 13.0. The highest BCUT2D eigenvalue weighted by atomic mass is 127. The molecule has 2 fully saturated rings. The van der Waals surface area contributed by atoms with E-state index in [2.05, 4.69) is 27.9 Å². The first-order valence-electron chi connectivity index (χ1n) is 6.17. The van der Waals surface area contributed by atoms with E-state index in [9.17, 15) is 9.90 Å². The molecule has 2 N–H and O–H groups in total. The Morgan fingerprint density at radius 3 is 3.06 bits per heavy atom. The molecule has 0 unspecified atom stereocenters. The Morgan fingerprint density at radius 2 is 2.28 bits per heavy atom. The zero-order valence-electron chi connectivity index (χ0n) is 9.90. The van der Waals surface area contributed by atoms with Gasteiger partial charge < -0.3 is 15.3 Å². The minimum absolute atomic E-state index is 0.0397. The smallest absolute Gasteiger partial charge is 0.254 e. The molecule has 2 heterocycles. The molecule has 96 valence electrons. The third-order valence-corrected chi connectivity index (χ3v) is 4.81. The monoisotopic (exact) mass is 358 g/mol. The van der Waals surface area contributed by atoms with E-state index in [1.54, 1.807) is 18.2 Å². The van der Waals surface area contributed by atoms with Crippen LogP contribution in [-0.4, -0.2) is 41.6 Å². The summed E-state index contributed by atoms with van der Waals surface area (Å²) in [4.78, 5) is 14.4. The minimum Gasteiger partial charge on any atom is -0.507 e. The Hall–Kier alpha value is -0.820. The highest BCUT2D eigenvalue weighted by molar-refractivity contribution is 14.1. The molecular weight excluding hydrogens is 343 g/mol. The van der Waals surface area contributed by atoms with Gasteiger partial charge in [0.2, 0.25) is 0 Å². The van der Waals surface area contributed by atoms with E-state index in [1.165, 1.54) is 0 Å². The van der Waals surface area contributed by atoms with Crippen molar-refractivity contribution in [1.29, 1.82) is 0 Å². The molecule has 0 spiro atoms. The first-order valence-corrected chi connectivity index (χ1v) is 7.25. The zero-order valence-corrected chi connectivity index (χ0v) is 12.1. The van der Waals surface area contributed by atoms with Gasteiger partial charge in [0.15, 0.2) is 0 Å². The summed E-state index contributed by atoms with van der Waals surface area (Å²) in [7, 11) is 0. The number of rotatable bonds is 1. The molecule has 0 radical (unpaired) electrons. The van der Waals surface area contributed by atoms with Crippen LogP contribution in [0.2, 0.25) is 0 Å². The Morgan fingerprint density at radius 1 is 1.44 bits per heavy atom. The maximum atomic E-state index is 12.4. The number of benzene rings is 1. The highest BCUT2D eigenvalue weighted by Gasteiger charge is 2.40. The third kappa shape index (κ3) is 1.99. The van der Waals surface area contributed by atoms with Gasteiger partial charge in [-0.25, -0.2) is 0 Å². The van der Waals surface area contributed by atoms with Gasteiger partial charge in [-0.2, -0.15) is 0 Å². The third-order valence-electron chi connectivity index (χ3n) is 3.90. The summed E-state index contributed by atoms with van der Waals surface area (Å²) in [6.07, 6.45) is 1.08. The fraction of sp³-hybridized carbons (Fsp3) is 0.462. The molecule has 0 aromatic heterocycles. The number of amides is 1. The Kier molecular flexibility index (Phi) is 3.19. The predicted octanol–water partition coefficient (Wildman–Crippen LogP) is 1.43. The lowest BCUT2D eigenvalue weighted by Crippen LogP contribution is -2.39. The van der Waals surface area contributed by atoms with Crippen molar-refractivity contribution >= 4 is 28.5 Å². The Balaban J connectivity index is 1.84. The number of hydrogen-bond acceptors (Lipinski definition) is 3. The summed E-state index contributed by atoms with van der Waals surface area (Å²) < 4.78 is 0.769. The molecule has 2 aliphatic heterocycles. The summed E-state index contributed by atoms with van der Waals surface area (Å²) in [5.74, 6) is 0.825. The van der Waals surface area contributed by atoms with Crippen molar-refractivity contribution in [1.82, 2.24) is 10.2 Å². The topological polar surface area (TPSA) is 52.6 Å². The van der Waals surface area contributed by atoms with E-state index >= 15 is 0 Å². The van der Waals surface area contributed by atoms with E-state index in [4.69, 9.17) is 0 Å². The number of likely N-dealkylation sites (tertiary alicyclic amines) is 1. The molecule has 0 aliphatic carbocycles. The van der Waals surface area contributed by atoms with Gasteiger partial charge in [-0.3, -0.25) is 4.79 Å². The van der Waals surface area contributed by atoms with Crippen LogP contribution in [0.4, 0.5) is 0 Å². The van der Waals surface area contributed by atoms with Crippen LogP contribution in [0.25, 0.3) is 0 Å². The number of fused-ring (bicyclic) bond motifs is 1. The fourth-order valence-electron chi connectivity index (χ4n) is 2.91. The largest absolute Gasteiger partial charge is 0.507 e. The van der Waals surface area contributed by atoms with Crippen molar-refractivity contribution in [3.63, 3.8) is 0 Å². The summed E-state index contributed by atoms with van der Waals surface area (Å²) in [5.41, 5.74) is 0.584. The molecule has 0 bridgehead atoms.